The summed E-state index contributed by atoms with van der Waals surface area (Å²) in [7, 11) is 0. The molecule has 5 nitrogen and oxygen atoms in total. The molecule has 0 radical (unpaired) electrons. The van der Waals surface area contributed by atoms with Gasteiger partial charge in [-0.3, -0.25) is 9.78 Å². The van der Waals surface area contributed by atoms with Crippen LogP contribution >= 0.6 is 0 Å². The molecule has 5 N–H and O–H groups in total. The van der Waals surface area contributed by atoms with Crippen LogP contribution in [0.15, 0.2) is 30.5 Å². The van der Waals surface area contributed by atoms with Crippen LogP contribution in [-0.2, 0) is 4.79 Å². The number of fused-ring (bicyclic) bond motifs is 1. The Kier molecular flexibility index (Phi) is 2.82. The van der Waals surface area contributed by atoms with Crippen LogP contribution in [0.1, 0.15) is 6.92 Å². The minimum atomic E-state index is -0.455. The molecule has 0 aliphatic rings. The van der Waals surface area contributed by atoms with Gasteiger partial charge in [0.25, 0.3) is 0 Å². The Morgan fingerprint density at radius 3 is 2.88 bits per heavy atom. The van der Waals surface area contributed by atoms with Gasteiger partial charge in [-0.05, 0) is 31.2 Å². The van der Waals surface area contributed by atoms with Gasteiger partial charge in [-0.15, -0.1) is 0 Å². The number of aromatic nitrogens is 1. The van der Waals surface area contributed by atoms with Crippen molar-refractivity contribution < 1.29 is 4.79 Å². The van der Waals surface area contributed by atoms with Gasteiger partial charge < -0.3 is 16.8 Å². The number of hydrogen-bond donors (Lipinski definition) is 3. The van der Waals surface area contributed by atoms with E-state index in [1.165, 1.54) is 0 Å². The van der Waals surface area contributed by atoms with E-state index in [-0.39, 0.29) is 0 Å². The molecule has 1 amide bonds. The highest BCUT2D eigenvalue weighted by molar-refractivity contribution is 5.99. The van der Waals surface area contributed by atoms with Crippen LogP contribution in [0.25, 0.3) is 10.9 Å². The van der Waals surface area contributed by atoms with Gasteiger partial charge in [-0.1, -0.05) is 0 Å². The molecule has 0 bridgehead atoms. The van der Waals surface area contributed by atoms with Crippen molar-refractivity contribution >= 4 is 28.2 Å². The minimum Gasteiger partial charge on any atom is -0.398 e. The number of nitrogens with one attached hydrogen (secondary N) is 1. The van der Waals surface area contributed by atoms with E-state index in [1.807, 2.05) is 12.1 Å². The molecule has 0 aliphatic heterocycles. The third kappa shape index (κ3) is 2.13. The zero-order chi connectivity index (χ0) is 12.4. The normalized spacial score (nSPS) is 12.3. The van der Waals surface area contributed by atoms with Crippen LogP contribution in [0.3, 0.4) is 0 Å². The lowest BCUT2D eigenvalue weighted by molar-refractivity contribution is -0.118. The number of benzene rings is 1. The molecule has 0 fully saturated rings. The van der Waals surface area contributed by atoms with Gasteiger partial charge in [0.05, 0.1) is 11.2 Å². The first-order valence-corrected chi connectivity index (χ1v) is 5.28. The molecular formula is C12H14N4O. The SMILES string of the molecule is CC(Nc1ccc(N)c2cccnc12)C(N)=O. The van der Waals surface area contributed by atoms with Crippen molar-refractivity contribution in [3.8, 4) is 0 Å². The zero-order valence-corrected chi connectivity index (χ0v) is 9.47. The van der Waals surface area contributed by atoms with Gasteiger partial charge in [-0.2, -0.15) is 0 Å². The summed E-state index contributed by atoms with van der Waals surface area (Å²) in [5, 5.41) is 3.87. The number of pyridine rings is 1. The highest BCUT2D eigenvalue weighted by atomic mass is 16.1. The summed E-state index contributed by atoms with van der Waals surface area (Å²) in [5.74, 6) is -0.411. The van der Waals surface area contributed by atoms with Crippen molar-refractivity contribution in [1.29, 1.82) is 0 Å². The molecular weight excluding hydrogens is 216 g/mol. The van der Waals surface area contributed by atoms with Crippen LogP contribution in [-0.4, -0.2) is 16.9 Å². The molecule has 0 spiro atoms. The highest BCUT2D eigenvalue weighted by Gasteiger charge is 2.11. The fourth-order valence-corrected chi connectivity index (χ4v) is 1.62. The fraction of sp³-hybridized carbons (Fsp3) is 0.167. The Bertz CT molecular complexity index is 567. The average Bonchev–Trinajstić information content (AvgIpc) is 2.33. The highest BCUT2D eigenvalue weighted by Crippen LogP contribution is 2.26. The minimum absolute atomic E-state index is 0.411. The number of primary amides is 1. The largest absolute Gasteiger partial charge is 0.398 e. The number of carbonyl (C=O) groups excluding carboxylic acids is 1. The second-order valence-corrected chi connectivity index (χ2v) is 3.87. The number of nitrogen functional groups attached to an aromatic ring is 1. The van der Waals surface area contributed by atoms with E-state index in [1.54, 1.807) is 25.3 Å². The fourth-order valence-electron chi connectivity index (χ4n) is 1.62. The molecule has 1 unspecified atom stereocenters. The molecule has 2 aromatic rings. The van der Waals surface area contributed by atoms with Crippen LogP contribution in [0.2, 0.25) is 0 Å². The summed E-state index contributed by atoms with van der Waals surface area (Å²) in [5.41, 5.74) is 13.2. The third-order valence-electron chi connectivity index (χ3n) is 2.60. The summed E-state index contributed by atoms with van der Waals surface area (Å²) in [6.07, 6.45) is 1.68. The monoisotopic (exact) mass is 230 g/mol. The van der Waals surface area contributed by atoms with E-state index < -0.39 is 11.9 Å². The van der Waals surface area contributed by atoms with Gasteiger partial charge in [0.2, 0.25) is 5.91 Å². The molecule has 5 heteroatoms. The number of carbonyl (C=O) groups is 1. The van der Waals surface area contributed by atoms with Crippen molar-refractivity contribution in [2.75, 3.05) is 11.1 Å². The zero-order valence-electron chi connectivity index (χ0n) is 9.47. The Labute approximate surface area is 98.8 Å². The van der Waals surface area contributed by atoms with Crippen molar-refractivity contribution in [2.24, 2.45) is 5.73 Å². The predicted molar refractivity (Wildman–Crippen MR) is 68.4 cm³/mol. The van der Waals surface area contributed by atoms with Crippen molar-refractivity contribution in [3.05, 3.63) is 30.5 Å². The summed E-state index contributed by atoms with van der Waals surface area (Å²) in [4.78, 5) is 15.3. The molecule has 1 atom stereocenters. The smallest absolute Gasteiger partial charge is 0.239 e. The second kappa shape index (κ2) is 4.29. The summed E-state index contributed by atoms with van der Waals surface area (Å²) in [6.45, 7) is 1.70. The van der Waals surface area contributed by atoms with Gasteiger partial charge in [-0.25, -0.2) is 0 Å². The molecule has 17 heavy (non-hydrogen) atoms. The topological polar surface area (TPSA) is 94.0 Å². The number of amides is 1. The molecule has 2 rings (SSSR count). The molecule has 0 saturated heterocycles. The van der Waals surface area contributed by atoms with E-state index in [0.29, 0.717) is 5.69 Å². The lowest BCUT2D eigenvalue weighted by Gasteiger charge is -2.14. The van der Waals surface area contributed by atoms with E-state index in [4.69, 9.17) is 11.5 Å². The standard InChI is InChI=1S/C12H14N4O/c1-7(12(14)17)16-10-5-4-9(13)8-3-2-6-15-11(8)10/h2-7,16H,13H2,1H3,(H2,14,17). The Morgan fingerprint density at radius 2 is 2.18 bits per heavy atom. The van der Waals surface area contributed by atoms with Gasteiger partial charge >= 0.3 is 0 Å². The average molecular weight is 230 g/mol. The molecule has 0 aliphatic carbocycles. The van der Waals surface area contributed by atoms with Gasteiger partial charge in [0.15, 0.2) is 0 Å². The quantitative estimate of drug-likeness (QED) is 0.688. The number of nitrogens with two attached hydrogens (primary N) is 2. The number of hydrogen-bond acceptors (Lipinski definition) is 4. The van der Waals surface area contributed by atoms with E-state index >= 15 is 0 Å². The number of nitrogens with zero attached hydrogens (tertiary/aromatic N) is 1. The van der Waals surface area contributed by atoms with Gasteiger partial charge in [0, 0.05) is 17.3 Å². The van der Waals surface area contributed by atoms with E-state index in [9.17, 15) is 4.79 Å². The Hall–Kier alpha value is -2.30. The van der Waals surface area contributed by atoms with Crippen LogP contribution in [0.5, 0.6) is 0 Å². The van der Waals surface area contributed by atoms with Crippen molar-refractivity contribution in [2.45, 2.75) is 13.0 Å². The Morgan fingerprint density at radius 1 is 1.41 bits per heavy atom. The second-order valence-electron chi connectivity index (χ2n) is 3.87. The summed E-state index contributed by atoms with van der Waals surface area (Å²) >= 11 is 0. The lowest BCUT2D eigenvalue weighted by Crippen LogP contribution is -2.32. The molecule has 1 aromatic carbocycles. The van der Waals surface area contributed by atoms with Crippen LogP contribution in [0.4, 0.5) is 11.4 Å². The maximum absolute atomic E-state index is 11.0. The molecule has 88 valence electrons. The summed E-state index contributed by atoms with van der Waals surface area (Å²) in [6, 6.07) is 6.82. The molecule has 1 aromatic heterocycles. The molecule has 1 heterocycles. The van der Waals surface area contributed by atoms with E-state index in [0.717, 1.165) is 16.6 Å². The maximum atomic E-state index is 11.0. The first-order valence-electron chi connectivity index (χ1n) is 5.28. The van der Waals surface area contributed by atoms with Crippen molar-refractivity contribution in [1.82, 2.24) is 4.98 Å². The first kappa shape index (κ1) is 11.2. The Balaban J connectivity index is 2.48. The van der Waals surface area contributed by atoms with Crippen LogP contribution in [0, 0.1) is 0 Å². The third-order valence-corrected chi connectivity index (χ3v) is 2.60. The van der Waals surface area contributed by atoms with Crippen LogP contribution < -0.4 is 16.8 Å². The van der Waals surface area contributed by atoms with E-state index in [2.05, 4.69) is 10.3 Å². The number of anilines is 2. The van der Waals surface area contributed by atoms with Crippen molar-refractivity contribution in [3.63, 3.8) is 0 Å². The van der Waals surface area contributed by atoms with Gasteiger partial charge in [0.1, 0.15) is 6.04 Å². The molecule has 0 saturated carbocycles. The lowest BCUT2D eigenvalue weighted by atomic mass is 10.1. The number of rotatable bonds is 3. The predicted octanol–water partition coefficient (Wildman–Crippen LogP) is 1.10. The first-order chi connectivity index (χ1) is 8.09. The summed E-state index contributed by atoms with van der Waals surface area (Å²) < 4.78 is 0. The maximum Gasteiger partial charge on any atom is 0.239 e.